The van der Waals surface area contributed by atoms with Crippen LogP contribution >= 0.6 is 0 Å². The lowest BCUT2D eigenvalue weighted by Gasteiger charge is -2.28. The van der Waals surface area contributed by atoms with Crippen LogP contribution < -0.4 is 5.19 Å². The van der Waals surface area contributed by atoms with Crippen molar-refractivity contribution in [1.29, 1.82) is 0 Å². The first-order valence-electron chi connectivity index (χ1n) is 11.3. The Morgan fingerprint density at radius 1 is 0.633 bits per heavy atom. The fourth-order valence-corrected chi connectivity index (χ4v) is 6.37. The van der Waals surface area contributed by atoms with Gasteiger partial charge >= 0.3 is 0 Å². The summed E-state index contributed by atoms with van der Waals surface area (Å²) in [5.41, 5.74) is 0. The molecular weight excluding hydrogens is 415 g/mol. The van der Waals surface area contributed by atoms with Crippen LogP contribution in [0.4, 0.5) is 22.0 Å². The van der Waals surface area contributed by atoms with Crippen molar-refractivity contribution < 1.29 is 26.4 Å². The van der Waals surface area contributed by atoms with Gasteiger partial charge in [-0.1, -0.05) is 77.6 Å². The van der Waals surface area contributed by atoms with Gasteiger partial charge in [0.1, 0.15) is 0 Å². The number of hydrogen-bond donors (Lipinski definition) is 0. The summed E-state index contributed by atoms with van der Waals surface area (Å²) in [6.45, 7) is 6.93. The molecule has 0 aliphatic carbocycles. The van der Waals surface area contributed by atoms with E-state index in [0.29, 0.717) is 6.42 Å². The zero-order valence-corrected chi connectivity index (χ0v) is 19.9. The van der Waals surface area contributed by atoms with Crippen LogP contribution in [0.3, 0.4) is 0 Å². The Balaban J connectivity index is 2.37. The van der Waals surface area contributed by atoms with Gasteiger partial charge in [-0.3, -0.25) is 0 Å². The molecule has 0 aromatic heterocycles. The Hall–Kier alpha value is -0.953. The summed E-state index contributed by atoms with van der Waals surface area (Å²) in [5, 5.41) is -0.787. The highest BCUT2D eigenvalue weighted by atomic mass is 28.4. The van der Waals surface area contributed by atoms with Gasteiger partial charge in [0.15, 0.2) is 23.3 Å². The molecule has 0 fully saturated rings. The van der Waals surface area contributed by atoms with E-state index in [-0.39, 0.29) is 6.10 Å². The number of unbranched alkanes of at least 4 members (excludes halogenated alkanes) is 10. The van der Waals surface area contributed by atoms with Crippen LogP contribution in [-0.2, 0) is 4.43 Å². The van der Waals surface area contributed by atoms with Crippen molar-refractivity contribution in [2.24, 2.45) is 0 Å². The molecule has 0 saturated heterocycles. The van der Waals surface area contributed by atoms with Gasteiger partial charge in [0.25, 0.3) is 0 Å². The number of rotatable bonds is 15. The third-order valence-corrected chi connectivity index (χ3v) is 8.16. The van der Waals surface area contributed by atoms with E-state index in [9.17, 15) is 22.0 Å². The van der Waals surface area contributed by atoms with Crippen molar-refractivity contribution in [2.45, 2.75) is 110 Å². The Kier molecular flexibility index (Phi) is 12.1. The minimum atomic E-state index is -3.31. The van der Waals surface area contributed by atoms with E-state index in [4.69, 9.17) is 4.43 Å². The van der Waals surface area contributed by atoms with Crippen molar-refractivity contribution in [3.8, 4) is 0 Å². The van der Waals surface area contributed by atoms with E-state index in [1.807, 2.05) is 0 Å². The Labute approximate surface area is 179 Å². The van der Waals surface area contributed by atoms with E-state index in [1.54, 1.807) is 6.92 Å². The Morgan fingerprint density at radius 2 is 1.00 bits per heavy atom. The Bertz CT molecular complexity index is 622. The van der Waals surface area contributed by atoms with Crippen LogP contribution in [0.5, 0.6) is 0 Å². The average molecular weight is 453 g/mol. The molecule has 0 aliphatic heterocycles. The molecule has 1 aromatic carbocycles. The Morgan fingerprint density at radius 3 is 1.43 bits per heavy atom. The second-order valence-electron chi connectivity index (χ2n) is 8.71. The largest absolute Gasteiger partial charge is 0.410 e. The highest BCUT2D eigenvalue weighted by Gasteiger charge is 2.38. The maximum absolute atomic E-state index is 14.1. The third-order valence-electron chi connectivity index (χ3n) is 5.52. The number of halogens is 5. The third kappa shape index (κ3) is 8.29. The second kappa shape index (κ2) is 13.5. The first-order chi connectivity index (χ1) is 14.1. The van der Waals surface area contributed by atoms with Crippen LogP contribution in [0.2, 0.25) is 13.1 Å². The second-order valence-corrected chi connectivity index (χ2v) is 12.5. The quantitative estimate of drug-likeness (QED) is 0.0864. The molecule has 30 heavy (non-hydrogen) atoms. The molecule has 0 heterocycles. The van der Waals surface area contributed by atoms with Gasteiger partial charge in [-0.2, -0.15) is 0 Å². The van der Waals surface area contributed by atoms with Crippen molar-refractivity contribution in [3.05, 3.63) is 29.1 Å². The van der Waals surface area contributed by atoms with Crippen LogP contribution in [0.15, 0.2) is 0 Å². The molecule has 0 N–H and O–H groups in total. The molecule has 0 saturated carbocycles. The first-order valence-corrected chi connectivity index (χ1v) is 14.2. The summed E-state index contributed by atoms with van der Waals surface area (Å²) < 4.78 is 74.4. The minimum absolute atomic E-state index is 0.305. The lowest BCUT2D eigenvalue weighted by Crippen LogP contribution is -2.51. The summed E-state index contributed by atoms with van der Waals surface area (Å²) in [5.74, 6) is -9.50. The summed E-state index contributed by atoms with van der Waals surface area (Å²) in [4.78, 5) is 0. The van der Waals surface area contributed by atoms with E-state index in [2.05, 4.69) is 6.92 Å². The first kappa shape index (κ1) is 27.1. The standard InChI is InChI=1S/C23H37F5OSi/c1-5-6-7-8-9-10-11-12-13-14-15-16-17(2)29-30(3,4)23-21(27)19(25)18(24)20(26)22(23)28/h17H,5-16H2,1-4H3. The van der Waals surface area contributed by atoms with Crippen LogP contribution in [0.25, 0.3) is 0 Å². The van der Waals surface area contributed by atoms with Gasteiger partial charge in [0.05, 0.1) is 0 Å². The van der Waals surface area contributed by atoms with Crippen molar-refractivity contribution in [2.75, 3.05) is 0 Å². The maximum atomic E-state index is 14.1. The predicted molar refractivity (Wildman–Crippen MR) is 115 cm³/mol. The van der Waals surface area contributed by atoms with Gasteiger partial charge in [-0.15, -0.1) is 0 Å². The van der Waals surface area contributed by atoms with E-state index < -0.39 is 42.6 Å². The van der Waals surface area contributed by atoms with Crippen LogP contribution in [0.1, 0.15) is 90.9 Å². The minimum Gasteiger partial charge on any atom is -0.410 e. The highest BCUT2D eigenvalue weighted by molar-refractivity contribution is 6.84. The molecule has 1 atom stereocenters. The molecule has 0 aliphatic rings. The van der Waals surface area contributed by atoms with E-state index in [1.165, 1.54) is 64.5 Å². The smallest absolute Gasteiger partial charge is 0.225 e. The predicted octanol–water partition coefficient (Wildman–Crippen LogP) is 7.90. The molecular formula is C23H37F5OSi. The molecule has 0 bridgehead atoms. The molecule has 0 radical (unpaired) electrons. The molecule has 7 heteroatoms. The lowest BCUT2D eigenvalue weighted by atomic mass is 10.0. The normalized spacial score (nSPS) is 13.1. The van der Waals surface area contributed by atoms with E-state index >= 15 is 0 Å². The maximum Gasteiger partial charge on any atom is 0.225 e. The summed E-state index contributed by atoms with van der Waals surface area (Å²) >= 11 is 0. The SMILES string of the molecule is CCCCCCCCCCCCCC(C)O[Si](C)(C)c1c(F)c(F)c(F)c(F)c1F. The summed E-state index contributed by atoms with van der Waals surface area (Å²) in [7, 11) is -3.31. The zero-order valence-electron chi connectivity index (χ0n) is 18.9. The van der Waals surface area contributed by atoms with Gasteiger partial charge in [0, 0.05) is 11.3 Å². The molecule has 1 aromatic rings. The summed E-state index contributed by atoms with van der Waals surface area (Å²) in [6, 6.07) is 0. The van der Waals surface area contributed by atoms with Gasteiger partial charge < -0.3 is 4.43 Å². The zero-order chi connectivity index (χ0) is 22.7. The molecule has 1 rings (SSSR count). The fraction of sp³-hybridized carbons (Fsp3) is 0.739. The number of hydrogen-bond acceptors (Lipinski definition) is 1. The number of benzene rings is 1. The molecule has 0 spiro atoms. The average Bonchev–Trinajstić information content (AvgIpc) is 2.68. The summed E-state index contributed by atoms with van der Waals surface area (Å²) in [6.07, 6.45) is 13.8. The molecule has 1 unspecified atom stereocenters. The monoisotopic (exact) mass is 452 g/mol. The molecule has 0 amide bonds. The fourth-order valence-electron chi connectivity index (χ4n) is 3.85. The van der Waals surface area contributed by atoms with Gasteiger partial charge in [-0.05, 0) is 26.4 Å². The van der Waals surface area contributed by atoms with E-state index in [0.717, 1.165) is 19.3 Å². The highest BCUT2D eigenvalue weighted by Crippen LogP contribution is 2.22. The van der Waals surface area contributed by atoms with Gasteiger partial charge in [-0.25, -0.2) is 22.0 Å². The van der Waals surface area contributed by atoms with Crippen LogP contribution in [0, 0.1) is 29.1 Å². The lowest BCUT2D eigenvalue weighted by molar-refractivity contribution is 0.200. The molecule has 1 nitrogen and oxygen atoms in total. The van der Waals surface area contributed by atoms with Crippen molar-refractivity contribution in [1.82, 2.24) is 0 Å². The van der Waals surface area contributed by atoms with Crippen molar-refractivity contribution in [3.63, 3.8) is 0 Å². The van der Waals surface area contributed by atoms with Gasteiger partial charge in [0.2, 0.25) is 14.1 Å². The topological polar surface area (TPSA) is 9.23 Å². The molecule has 174 valence electrons. The van der Waals surface area contributed by atoms with Crippen LogP contribution in [-0.4, -0.2) is 14.4 Å². The van der Waals surface area contributed by atoms with Crippen molar-refractivity contribution >= 4 is 13.5 Å².